The summed E-state index contributed by atoms with van der Waals surface area (Å²) in [5.74, 6) is -1.03. The fraction of sp³-hybridized carbons (Fsp3) is 0. The van der Waals surface area contributed by atoms with Crippen LogP contribution in [0.1, 0.15) is 0 Å². The van der Waals surface area contributed by atoms with Crippen LogP contribution >= 0.6 is 23.2 Å². The quantitative estimate of drug-likeness (QED) is 0.390. The molecule has 0 aliphatic heterocycles. The standard InChI is InChI=1S/C20H11Cl2F2N3O/c21-13-6-8-19(14(22)10-13)28-20-4-2-1-3-17(20)27-18(11-25-26-27)12-5-7-15(23)16(24)9-12/h1-11H. The van der Waals surface area contributed by atoms with Gasteiger partial charge in [-0.1, -0.05) is 40.5 Å². The third kappa shape index (κ3) is 3.56. The predicted octanol–water partition coefficient (Wildman–Crippen LogP) is 6.31. The van der Waals surface area contributed by atoms with Gasteiger partial charge in [0.05, 0.1) is 16.9 Å². The highest BCUT2D eigenvalue weighted by molar-refractivity contribution is 6.35. The van der Waals surface area contributed by atoms with E-state index in [1.54, 1.807) is 42.5 Å². The largest absolute Gasteiger partial charge is 0.454 e. The SMILES string of the molecule is Fc1ccc(-c2cnnn2-c2ccccc2Oc2ccc(Cl)cc2Cl)cc1F. The Morgan fingerprint density at radius 3 is 2.46 bits per heavy atom. The molecule has 0 spiro atoms. The summed E-state index contributed by atoms with van der Waals surface area (Å²) >= 11 is 12.1. The molecule has 0 saturated carbocycles. The van der Waals surface area contributed by atoms with Crippen LogP contribution in [0.15, 0.2) is 66.9 Å². The normalized spacial score (nSPS) is 10.9. The zero-order valence-electron chi connectivity index (χ0n) is 14.1. The maximum atomic E-state index is 13.7. The Hall–Kier alpha value is -2.96. The molecular formula is C20H11Cl2F2N3O. The number of nitrogens with zero attached hydrogens (tertiary/aromatic N) is 3. The first-order valence-corrected chi connectivity index (χ1v) is 8.87. The van der Waals surface area contributed by atoms with Gasteiger partial charge in [-0.15, -0.1) is 5.10 Å². The molecule has 0 amide bonds. The molecule has 28 heavy (non-hydrogen) atoms. The van der Waals surface area contributed by atoms with Gasteiger partial charge < -0.3 is 4.74 Å². The molecule has 0 fully saturated rings. The van der Waals surface area contributed by atoms with Crippen LogP contribution in [-0.4, -0.2) is 15.0 Å². The number of halogens is 4. The van der Waals surface area contributed by atoms with Crippen LogP contribution < -0.4 is 4.74 Å². The number of para-hydroxylation sites is 2. The lowest BCUT2D eigenvalue weighted by Crippen LogP contribution is -2.02. The highest BCUT2D eigenvalue weighted by Gasteiger charge is 2.16. The van der Waals surface area contributed by atoms with Crippen molar-refractivity contribution in [3.8, 4) is 28.4 Å². The molecule has 0 atom stereocenters. The first-order valence-electron chi connectivity index (χ1n) is 8.11. The monoisotopic (exact) mass is 417 g/mol. The van der Waals surface area contributed by atoms with Gasteiger partial charge in [-0.2, -0.15) is 0 Å². The second kappa shape index (κ2) is 7.58. The number of hydrogen-bond acceptors (Lipinski definition) is 3. The molecule has 1 aromatic heterocycles. The number of ether oxygens (including phenoxy) is 1. The summed E-state index contributed by atoms with van der Waals surface area (Å²) in [7, 11) is 0. The van der Waals surface area contributed by atoms with Gasteiger partial charge in [0, 0.05) is 10.6 Å². The third-order valence-electron chi connectivity index (χ3n) is 3.97. The highest BCUT2D eigenvalue weighted by atomic mass is 35.5. The van der Waals surface area contributed by atoms with E-state index < -0.39 is 11.6 Å². The number of aromatic nitrogens is 3. The van der Waals surface area contributed by atoms with Gasteiger partial charge in [0.25, 0.3) is 0 Å². The molecule has 0 aliphatic carbocycles. The summed E-state index contributed by atoms with van der Waals surface area (Å²) in [4.78, 5) is 0. The second-order valence-electron chi connectivity index (χ2n) is 5.80. The molecule has 4 nitrogen and oxygen atoms in total. The average Bonchev–Trinajstić information content (AvgIpc) is 3.16. The number of rotatable bonds is 4. The minimum absolute atomic E-state index is 0.349. The Labute approximate surface area is 168 Å². The van der Waals surface area contributed by atoms with Crippen molar-refractivity contribution in [2.75, 3.05) is 0 Å². The summed E-state index contributed by atoms with van der Waals surface area (Å²) in [6, 6.07) is 15.6. The van der Waals surface area contributed by atoms with Crippen molar-refractivity contribution in [2.24, 2.45) is 0 Å². The van der Waals surface area contributed by atoms with Crippen LogP contribution in [0.5, 0.6) is 11.5 Å². The Kier molecular flexibility index (Phi) is 4.98. The van der Waals surface area contributed by atoms with Crippen LogP contribution in [0, 0.1) is 11.6 Å². The first kappa shape index (κ1) is 18.4. The molecule has 1 heterocycles. The molecule has 4 rings (SSSR count). The predicted molar refractivity (Wildman–Crippen MR) is 103 cm³/mol. The highest BCUT2D eigenvalue weighted by Crippen LogP contribution is 2.35. The van der Waals surface area contributed by atoms with Crippen LogP contribution in [0.3, 0.4) is 0 Å². The summed E-state index contributed by atoms with van der Waals surface area (Å²) in [5, 5.41) is 8.81. The fourth-order valence-corrected chi connectivity index (χ4v) is 3.11. The van der Waals surface area contributed by atoms with E-state index in [1.165, 1.54) is 16.9 Å². The summed E-state index contributed by atoms with van der Waals surface area (Å²) in [6.07, 6.45) is 1.46. The van der Waals surface area contributed by atoms with Crippen molar-refractivity contribution < 1.29 is 13.5 Å². The number of benzene rings is 3. The molecule has 0 unspecified atom stereocenters. The lowest BCUT2D eigenvalue weighted by Gasteiger charge is -2.14. The summed E-state index contributed by atoms with van der Waals surface area (Å²) < 4.78 is 34.4. The third-order valence-corrected chi connectivity index (χ3v) is 4.50. The number of hydrogen-bond donors (Lipinski definition) is 0. The fourth-order valence-electron chi connectivity index (χ4n) is 2.66. The van der Waals surface area contributed by atoms with Crippen LogP contribution in [0.4, 0.5) is 8.78 Å². The molecule has 4 aromatic rings. The summed E-state index contributed by atoms with van der Waals surface area (Å²) in [6.45, 7) is 0. The van der Waals surface area contributed by atoms with Gasteiger partial charge in [0.1, 0.15) is 11.4 Å². The van der Waals surface area contributed by atoms with Crippen LogP contribution in [0.25, 0.3) is 16.9 Å². The topological polar surface area (TPSA) is 39.9 Å². The van der Waals surface area contributed by atoms with Crippen molar-refractivity contribution in [1.29, 1.82) is 0 Å². The van der Waals surface area contributed by atoms with Crippen molar-refractivity contribution in [3.63, 3.8) is 0 Å². The van der Waals surface area contributed by atoms with Crippen LogP contribution in [0.2, 0.25) is 10.0 Å². The zero-order valence-corrected chi connectivity index (χ0v) is 15.6. The van der Waals surface area contributed by atoms with Gasteiger partial charge in [-0.25, -0.2) is 13.5 Å². The van der Waals surface area contributed by atoms with E-state index in [0.29, 0.717) is 38.5 Å². The Morgan fingerprint density at radius 2 is 1.68 bits per heavy atom. The molecule has 140 valence electrons. The molecule has 0 aliphatic rings. The van der Waals surface area contributed by atoms with E-state index in [4.69, 9.17) is 27.9 Å². The van der Waals surface area contributed by atoms with Crippen molar-refractivity contribution in [3.05, 3.63) is 88.5 Å². The molecular weight excluding hydrogens is 407 g/mol. The molecule has 3 aromatic carbocycles. The first-order chi connectivity index (χ1) is 13.5. The second-order valence-corrected chi connectivity index (χ2v) is 6.65. The maximum Gasteiger partial charge on any atom is 0.159 e. The smallest absolute Gasteiger partial charge is 0.159 e. The molecule has 0 N–H and O–H groups in total. The molecule has 0 saturated heterocycles. The molecule has 0 radical (unpaired) electrons. The van der Waals surface area contributed by atoms with Gasteiger partial charge in [-0.3, -0.25) is 0 Å². The Balaban J connectivity index is 1.77. The Bertz CT molecular complexity index is 1160. The zero-order chi connectivity index (χ0) is 19.7. The lowest BCUT2D eigenvalue weighted by molar-refractivity contribution is 0.478. The Morgan fingerprint density at radius 1 is 0.857 bits per heavy atom. The van der Waals surface area contributed by atoms with Gasteiger partial charge in [0.2, 0.25) is 0 Å². The van der Waals surface area contributed by atoms with Crippen molar-refractivity contribution >= 4 is 23.2 Å². The van der Waals surface area contributed by atoms with E-state index in [1.807, 2.05) is 0 Å². The molecule has 0 bridgehead atoms. The van der Waals surface area contributed by atoms with Crippen LogP contribution in [-0.2, 0) is 0 Å². The van der Waals surface area contributed by atoms with Gasteiger partial charge >= 0.3 is 0 Å². The minimum atomic E-state index is -0.956. The van der Waals surface area contributed by atoms with Crippen molar-refractivity contribution in [2.45, 2.75) is 0 Å². The van der Waals surface area contributed by atoms with E-state index in [9.17, 15) is 8.78 Å². The van der Waals surface area contributed by atoms with E-state index in [-0.39, 0.29) is 0 Å². The molecule has 8 heteroatoms. The van der Waals surface area contributed by atoms with Gasteiger partial charge in [-0.05, 0) is 48.5 Å². The van der Waals surface area contributed by atoms with E-state index in [2.05, 4.69) is 10.3 Å². The van der Waals surface area contributed by atoms with E-state index >= 15 is 0 Å². The summed E-state index contributed by atoms with van der Waals surface area (Å²) in [5.41, 5.74) is 1.44. The van der Waals surface area contributed by atoms with Gasteiger partial charge in [0.15, 0.2) is 17.4 Å². The van der Waals surface area contributed by atoms with E-state index in [0.717, 1.165) is 12.1 Å². The van der Waals surface area contributed by atoms with Crippen molar-refractivity contribution in [1.82, 2.24) is 15.0 Å². The maximum absolute atomic E-state index is 13.7. The average molecular weight is 418 g/mol. The lowest BCUT2D eigenvalue weighted by atomic mass is 10.1. The minimum Gasteiger partial charge on any atom is -0.454 e.